The topological polar surface area (TPSA) is 90.5 Å². The lowest BCUT2D eigenvalue weighted by Crippen LogP contribution is -2.32. The third kappa shape index (κ3) is 4.01. The van der Waals surface area contributed by atoms with Gasteiger partial charge in [-0.2, -0.15) is 0 Å². The lowest BCUT2D eigenvalue weighted by molar-refractivity contribution is -0.122. The van der Waals surface area contributed by atoms with Crippen LogP contribution in [-0.2, 0) is 17.9 Å². The molecule has 0 fully saturated rings. The Balaban J connectivity index is 1.53. The molecule has 0 radical (unpaired) electrons. The molecule has 0 spiro atoms. The zero-order chi connectivity index (χ0) is 23.7. The van der Waals surface area contributed by atoms with E-state index in [1.807, 2.05) is 74.5 Å². The molecule has 5 aromatic rings. The van der Waals surface area contributed by atoms with Crippen molar-refractivity contribution in [2.75, 3.05) is 0 Å². The molecule has 2 aromatic heterocycles. The minimum absolute atomic E-state index is 0.202. The summed E-state index contributed by atoms with van der Waals surface area (Å²) in [5.41, 5.74) is 4.01. The van der Waals surface area contributed by atoms with Crippen molar-refractivity contribution in [2.24, 2.45) is 0 Å². The number of aromatic nitrogens is 4. The Kier molecular flexibility index (Phi) is 5.55. The van der Waals surface area contributed by atoms with Crippen molar-refractivity contribution in [2.45, 2.75) is 26.9 Å². The molecule has 1 amide bonds. The van der Waals surface area contributed by atoms with Gasteiger partial charge in [0.15, 0.2) is 0 Å². The molecule has 0 saturated carbocycles. The molecular weight excluding hydrogens is 430 g/mol. The Labute approximate surface area is 195 Å². The van der Waals surface area contributed by atoms with Crippen molar-refractivity contribution in [3.05, 3.63) is 100.0 Å². The third-order valence-corrected chi connectivity index (χ3v) is 5.76. The van der Waals surface area contributed by atoms with Crippen LogP contribution in [0.1, 0.15) is 16.7 Å². The normalized spacial score (nSPS) is 11.1. The molecule has 0 aliphatic carbocycles. The van der Waals surface area contributed by atoms with Crippen LogP contribution in [0.15, 0.2) is 77.6 Å². The summed E-state index contributed by atoms with van der Waals surface area (Å²) >= 11 is 0. The van der Waals surface area contributed by atoms with Crippen molar-refractivity contribution in [3.8, 4) is 11.6 Å². The largest absolute Gasteiger partial charge is 0.436 e. The van der Waals surface area contributed by atoms with E-state index in [1.165, 1.54) is 4.40 Å². The van der Waals surface area contributed by atoms with Gasteiger partial charge in [-0.1, -0.05) is 54.6 Å². The highest BCUT2D eigenvalue weighted by Gasteiger charge is 2.19. The van der Waals surface area contributed by atoms with Gasteiger partial charge in [0.05, 0.1) is 11.0 Å². The molecule has 8 nitrogen and oxygen atoms in total. The van der Waals surface area contributed by atoms with Crippen LogP contribution in [0.4, 0.5) is 0 Å². The zero-order valence-electron chi connectivity index (χ0n) is 18.9. The molecule has 5 rings (SSSR count). The van der Waals surface area contributed by atoms with Crippen LogP contribution in [0.25, 0.3) is 16.7 Å². The average molecular weight is 454 g/mol. The van der Waals surface area contributed by atoms with Gasteiger partial charge in [0.2, 0.25) is 11.6 Å². The van der Waals surface area contributed by atoms with Gasteiger partial charge in [-0.25, -0.2) is 18.9 Å². The van der Waals surface area contributed by atoms with E-state index in [2.05, 4.69) is 15.4 Å². The number of rotatable bonds is 6. The fourth-order valence-corrected chi connectivity index (χ4v) is 3.77. The number of amides is 1. The molecule has 0 saturated heterocycles. The highest BCUT2D eigenvalue weighted by atomic mass is 16.5. The van der Waals surface area contributed by atoms with Gasteiger partial charge in [0.25, 0.3) is 5.88 Å². The summed E-state index contributed by atoms with van der Waals surface area (Å²) in [6.45, 7) is 4.11. The summed E-state index contributed by atoms with van der Waals surface area (Å²) in [6.07, 6.45) is 0. The van der Waals surface area contributed by atoms with E-state index in [4.69, 9.17) is 4.74 Å². The molecule has 2 heterocycles. The van der Waals surface area contributed by atoms with E-state index >= 15 is 0 Å². The summed E-state index contributed by atoms with van der Waals surface area (Å²) in [4.78, 5) is 30.5. The molecule has 170 valence electrons. The molecule has 0 atom stereocenters. The maximum atomic E-state index is 13.3. The summed E-state index contributed by atoms with van der Waals surface area (Å²) in [5.74, 6) is 0.517. The second-order valence-corrected chi connectivity index (χ2v) is 8.07. The predicted molar refractivity (Wildman–Crippen MR) is 129 cm³/mol. The quantitative estimate of drug-likeness (QED) is 0.423. The number of aryl methyl sites for hydroxylation is 1. The minimum atomic E-state index is -0.436. The van der Waals surface area contributed by atoms with Crippen LogP contribution in [0.5, 0.6) is 11.6 Å². The Morgan fingerprint density at radius 2 is 1.74 bits per heavy atom. The molecular formula is C26H23N5O3. The van der Waals surface area contributed by atoms with Gasteiger partial charge in [-0.3, -0.25) is 4.79 Å². The first-order valence-electron chi connectivity index (χ1n) is 10.9. The summed E-state index contributed by atoms with van der Waals surface area (Å²) in [6, 6.07) is 22.6. The van der Waals surface area contributed by atoms with Crippen molar-refractivity contribution in [3.63, 3.8) is 0 Å². The van der Waals surface area contributed by atoms with Crippen LogP contribution < -0.4 is 15.7 Å². The van der Waals surface area contributed by atoms with Crippen LogP contribution in [0.2, 0.25) is 0 Å². The van der Waals surface area contributed by atoms with Gasteiger partial charge in [-0.15, -0.1) is 5.10 Å². The number of carbonyl (C=O) groups is 1. The molecule has 0 aliphatic rings. The van der Waals surface area contributed by atoms with Gasteiger partial charge in [0.1, 0.15) is 12.3 Å². The molecule has 34 heavy (non-hydrogen) atoms. The number of fused-ring (bicyclic) bond motifs is 3. The maximum absolute atomic E-state index is 13.3. The lowest BCUT2D eigenvalue weighted by Gasteiger charge is -2.11. The summed E-state index contributed by atoms with van der Waals surface area (Å²) in [5, 5.41) is 7.25. The van der Waals surface area contributed by atoms with Gasteiger partial charge in [-0.05, 0) is 48.7 Å². The number of ether oxygens (including phenoxy) is 1. The Morgan fingerprint density at radius 1 is 0.971 bits per heavy atom. The second-order valence-electron chi connectivity index (χ2n) is 8.07. The molecule has 1 N–H and O–H groups in total. The van der Waals surface area contributed by atoms with Gasteiger partial charge < -0.3 is 10.1 Å². The van der Waals surface area contributed by atoms with E-state index in [0.717, 1.165) is 21.4 Å². The molecule has 3 aromatic carbocycles. The van der Waals surface area contributed by atoms with Crippen LogP contribution in [0.3, 0.4) is 0 Å². The van der Waals surface area contributed by atoms with E-state index in [9.17, 15) is 9.59 Å². The van der Waals surface area contributed by atoms with Crippen molar-refractivity contribution >= 4 is 22.6 Å². The minimum Gasteiger partial charge on any atom is -0.436 e. The predicted octanol–water partition coefficient (Wildman–Crippen LogP) is 3.77. The highest BCUT2D eigenvalue weighted by molar-refractivity contribution is 5.80. The standard InChI is InChI=1S/C26H23N5O3/c1-17-9-8-14-22(18(17)2)34-25-24-29-30(16-23(32)27-15-19-10-4-3-5-11-19)26(33)31(24)21-13-7-6-12-20(21)28-25/h3-14H,15-16H2,1-2H3,(H,27,32). The van der Waals surface area contributed by atoms with E-state index in [-0.39, 0.29) is 24.0 Å². The summed E-state index contributed by atoms with van der Waals surface area (Å²) in [7, 11) is 0. The number of hydrogen-bond acceptors (Lipinski definition) is 5. The van der Waals surface area contributed by atoms with Crippen LogP contribution >= 0.6 is 0 Å². The number of hydrogen-bond donors (Lipinski definition) is 1. The fourth-order valence-electron chi connectivity index (χ4n) is 3.77. The van der Waals surface area contributed by atoms with Gasteiger partial charge >= 0.3 is 5.69 Å². The van der Waals surface area contributed by atoms with Gasteiger partial charge in [0, 0.05) is 6.54 Å². The molecule has 8 heteroatoms. The van der Waals surface area contributed by atoms with E-state index < -0.39 is 5.69 Å². The number of carbonyl (C=O) groups excluding carboxylic acids is 1. The first kappa shape index (κ1) is 21.4. The Bertz CT molecular complexity index is 1570. The second kappa shape index (κ2) is 8.82. The third-order valence-electron chi connectivity index (χ3n) is 5.76. The maximum Gasteiger partial charge on any atom is 0.351 e. The first-order valence-corrected chi connectivity index (χ1v) is 10.9. The fraction of sp³-hybridized carbons (Fsp3) is 0.154. The molecule has 0 aliphatic heterocycles. The number of benzene rings is 3. The van der Waals surface area contributed by atoms with Crippen molar-refractivity contribution < 1.29 is 9.53 Å². The van der Waals surface area contributed by atoms with Crippen molar-refractivity contribution in [1.82, 2.24) is 24.5 Å². The summed E-state index contributed by atoms with van der Waals surface area (Å²) < 4.78 is 8.72. The lowest BCUT2D eigenvalue weighted by atomic mass is 10.1. The van der Waals surface area contributed by atoms with Crippen molar-refractivity contribution in [1.29, 1.82) is 0 Å². The monoisotopic (exact) mass is 453 g/mol. The number of nitrogens with one attached hydrogen (secondary N) is 1. The molecule has 0 unspecified atom stereocenters. The SMILES string of the molecule is Cc1cccc(Oc2nc3ccccc3n3c(=O)n(CC(=O)NCc4ccccc4)nc23)c1C. The molecule has 0 bridgehead atoms. The Hall–Kier alpha value is -4.46. The van der Waals surface area contributed by atoms with Crippen LogP contribution in [0, 0.1) is 13.8 Å². The first-order chi connectivity index (χ1) is 16.5. The van der Waals surface area contributed by atoms with E-state index in [0.29, 0.717) is 23.3 Å². The number of nitrogens with zero attached hydrogens (tertiary/aromatic N) is 4. The smallest absolute Gasteiger partial charge is 0.351 e. The number of para-hydroxylation sites is 2. The highest BCUT2D eigenvalue weighted by Crippen LogP contribution is 2.29. The van der Waals surface area contributed by atoms with Crippen LogP contribution in [-0.4, -0.2) is 25.1 Å². The van der Waals surface area contributed by atoms with E-state index in [1.54, 1.807) is 12.1 Å². The average Bonchev–Trinajstić information content (AvgIpc) is 3.18. The Morgan fingerprint density at radius 3 is 2.56 bits per heavy atom. The zero-order valence-corrected chi connectivity index (χ0v) is 18.9.